The number of methoxy groups -OCH3 is 1. The Hall–Kier alpha value is -1.46. The van der Waals surface area contributed by atoms with Crippen molar-refractivity contribution < 1.29 is 13.9 Å². The first kappa shape index (κ1) is 14.0. The maximum absolute atomic E-state index is 13.8. The van der Waals surface area contributed by atoms with Gasteiger partial charge in [0.25, 0.3) is 0 Å². The molecule has 5 heteroatoms. The molecule has 104 valence electrons. The normalized spacial score (nSPS) is 20.9. The smallest absolute Gasteiger partial charge is 0.238 e. The molecule has 1 heterocycles. The summed E-state index contributed by atoms with van der Waals surface area (Å²) < 4.78 is 18.9. The number of carbonyl (C=O) groups excluding carboxylic acids is 1. The van der Waals surface area contributed by atoms with E-state index < -0.39 is 0 Å². The molecule has 0 saturated carbocycles. The Bertz CT molecular complexity index is 453. The number of ether oxygens (including phenoxy) is 1. The SMILES string of the molecule is COCC(C)CN1C(=O)CNC1c1ccccc1F. The topological polar surface area (TPSA) is 41.6 Å². The van der Waals surface area contributed by atoms with Crippen LogP contribution in [0, 0.1) is 11.7 Å². The van der Waals surface area contributed by atoms with Crippen LogP contribution in [0.25, 0.3) is 0 Å². The number of carbonyl (C=O) groups is 1. The summed E-state index contributed by atoms with van der Waals surface area (Å²) in [5, 5.41) is 3.06. The molecule has 2 atom stereocenters. The first-order valence-electron chi connectivity index (χ1n) is 6.39. The summed E-state index contributed by atoms with van der Waals surface area (Å²) in [4.78, 5) is 13.6. The highest BCUT2D eigenvalue weighted by molar-refractivity contribution is 5.81. The van der Waals surface area contributed by atoms with Crippen molar-refractivity contribution in [3.8, 4) is 0 Å². The highest BCUT2D eigenvalue weighted by Crippen LogP contribution is 2.25. The maximum Gasteiger partial charge on any atom is 0.238 e. The molecule has 1 amide bonds. The molecule has 1 aliphatic rings. The molecular weight excluding hydrogens is 247 g/mol. The van der Waals surface area contributed by atoms with Crippen LogP contribution in [0.1, 0.15) is 18.7 Å². The highest BCUT2D eigenvalue weighted by atomic mass is 19.1. The van der Waals surface area contributed by atoms with Gasteiger partial charge in [-0.15, -0.1) is 0 Å². The van der Waals surface area contributed by atoms with E-state index >= 15 is 0 Å². The van der Waals surface area contributed by atoms with E-state index in [4.69, 9.17) is 4.74 Å². The lowest BCUT2D eigenvalue weighted by Gasteiger charge is -2.27. The van der Waals surface area contributed by atoms with Gasteiger partial charge in [-0.05, 0) is 12.0 Å². The fourth-order valence-electron chi connectivity index (χ4n) is 2.39. The third-order valence-electron chi connectivity index (χ3n) is 3.24. The van der Waals surface area contributed by atoms with Crippen molar-refractivity contribution in [3.05, 3.63) is 35.6 Å². The van der Waals surface area contributed by atoms with E-state index in [0.29, 0.717) is 18.7 Å². The molecule has 2 unspecified atom stereocenters. The summed E-state index contributed by atoms with van der Waals surface area (Å²) in [5.41, 5.74) is 0.512. The van der Waals surface area contributed by atoms with Gasteiger partial charge in [0.2, 0.25) is 5.91 Å². The first-order chi connectivity index (χ1) is 9.13. The van der Waals surface area contributed by atoms with Crippen molar-refractivity contribution >= 4 is 5.91 Å². The Morgan fingerprint density at radius 3 is 2.95 bits per heavy atom. The number of nitrogens with zero attached hydrogens (tertiary/aromatic N) is 1. The second-order valence-corrected chi connectivity index (χ2v) is 4.91. The predicted molar refractivity (Wildman–Crippen MR) is 69.9 cm³/mol. The molecule has 2 rings (SSSR count). The maximum atomic E-state index is 13.8. The monoisotopic (exact) mass is 266 g/mol. The molecule has 1 N–H and O–H groups in total. The molecule has 0 aromatic heterocycles. The van der Waals surface area contributed by atoms with E-state index in [1.54, 1.807) is 30.2 Å². The van der Waals surface area contributed by atoms with Gasteiger partial charge in [-0.1, -0.05) is 25.1 Å². The zero-order valence-electron chi connectivity index (χ0n) is 11.2. The number of halogens is 1. The molecular formula is C14H19FN2O2. The molecule has 1 aromatic carbocycles. The van der Waals surface area contributed by atoms with Gasteiger partial charge >= 0.3 is 0 Å². The van der Waals surface area contributed by atoms with E-state index in [2.05, 4.69) is 5.32 Å². The van der Waals surface area contributed by atoms with Crippen LogP contribution < -0.4 is 5.32 Å². The van der Waals surface area contributed by atoms with Crippen LogP contribution in [0.5, 0.6) is 0 Å². The Labute approximate surface area is 112 Å². The summed E-state index contributed by atoms with van der Waals surface area (Å²) in [5.74, 6) is -0.0848. The third-order valence-corrected chi connectivity index (χ3v) is 3.24. The van der Waals surface area contributed by atoms with Crippen molar-refractivity contribution in [1.82, 2.24) is 10.2 Å². The average molecular weight is 266 g/mol. The van der Waals surface area contributed by atoms with Crippen molar-refractivity contribution in [2.45, 2.75) is 13.1 Å². The fraction of sp³-hybridized carbons (Fsp3) is 0.500. The minimum atomic E-state index is -0.381. The molecule has 19 heavy (non-hydrogen) atoms. The average Bonchev–Trinajstić information content (AvgIpc) is 2.72. The lowest BCUT2D eigenvalue weighted by Crippen LogP contribution is -2.35. The zero-order chi connectivity index (χ0) is 13.8. The number of rotatable bonds is 5. The fourth-order valence-corrected chi connectivity index (χ4v) is 2.39. The van der Waals surface area contributed by atoms with Crippen molar-refractivity contribution in [3.63, 3.8) is 0 Å². The summed E-state index contributed by atoms with van der Waals surface area (Å²) in [6.07, 6.45) is -0.381. The van der Waals surface area contributed by atoms with E-state index in [9.17, 15) is 9.18 Å². The number of hydrogen-bond donors (Lipinski definition) is 1. The zero-order valence-corrected chi connectivity index (χ0v) is 11.2. The van der Waals surface area contributed by atoms with Gasteiger partial charge in [0.05, 0.1) is 13.2 Å². The van der Waals surface area contributed by atoms with Gasteiger partial charge in [-0.25, -0.2) is 4.39 Å². The third kappa shape index (κ3) is 3.11. The number of nitrogens with one attached hydrogen (secondary N) is 1. The van der Waals surface area contributed by atoms with E-state index in [1.165, 1.54) is 6.07 Å². The molecule has 0 spiro atoms. The van der Waals surface area contributed by atoms with Gasteiger partial charge < -0.3 is 9.64 Å². The summed E-state index contributed by atoms with van der Waals surface area (Å²) in [7, 11) is 1.63. The summed E-state index contributed by atoms with van der Waals surface area (Å²) >= 11 is 0. The Kier molecular flexibility index (Phi) is 4.50. The number of amides is 1. The molecule has 0 radical (unpaired) electrons. The van der Waals surface area contributed by atoms with Gasteiger partial charge in [-0.2, -0.15) is 0 Å². The van der Waals surface area contributed by atoms with E-state index in [0.717, 1.165) is 0 Å². The van der Waals surface area contributed by atoms with Crippen LogP contribution in [-0.4, -0.2) is 37.6 Å². The number of hydrogen-bond acceptors (Lipinski definition) is 3. The van der Waals surface area contributed by atoms with Crippen molar-refractivity contribution in [1.29, 1.82) is 0 Å². The van der Waals surface area contributed by atoms with Crippen LogP contribution >= 0.6 is 0 Å². The van der Waals surface area contributed by atoms with Gasteiger partial charge in [0, 0.05) is 19.2 Å². The minimum Gasteiger partial charge on any atom is -0.384 e. The predicted octanol–water partition coefficient (Wildman–Crippen LogP) is 1.54. The molecule has 4 nitrogen and oxygen atoms in total. The first-order valence-corrected chi connectivity index (χ1v) is 6.39. The van der Waals surface area contributed by atoms with E-state index in [1.807, 2.05) is 6.92 Å². The second-order valence-electron chi connectivity index (χ2n) is 4.91. The molecule has 1 aromatic rings. The second kappa shape index (κ2) is 6.12. The van der Waals surface area contributed by atoms with Gasteiger partial charge in [0.1, 0.15) is 12.0 Å². The number of benzene rings is 1. The summed E-state index contributed by atoms with van der Waals surface area (Å²) in [6.45, 7) is 3.39. The summed E-state index contributed by atoms with van der Waals surface area (Å²) in [6, 6.07) is 6.54. The molecule has 0 bridgehead atoms. The lowest BCUT2D eigenvalue weighted by atomic mass is 10.1. The highest BCUT2D eigenvalue weighted by Gasteiger charge is 2.33. The molecule has 1 saturated heterocycles. The Balaban J connectivity index is 2.15. The van der Waals surface area contributed by atoms with Crippen LogP contribution in [0.3, 0.4) is 0 Å². The minimum absolute atomic E-state index is 0.00351. The van der Waals surface area contributed by atoms with Gasteiger partial charge in [0.15, 0.2) is 0 Å². The molecule has 1 aliphatic heterocycles. The Morgan fingerprint density at radius 2 is 2.26 bits per heavy atom. The van der Waals surface area contributed by atoms with Gasteiger partial charge in [-0.3, -0.25) is 10.1 Å². The standard InChI is InChI=1S/C14H19FN2O2/c1-10(9-19-2)8-17-13(18)7-16-14(17)11-5-3-4-6-12(11)15/h3-6,10,14,16H,7-9H2,1-2H3. The largest absolute Gasteiger partial charge is 0.384 e. The van der Waals surface area contributed by atoms with Crippen molar-refractivity contribution in [2.24, 2.45) is 5.92 Å². The lowest BCUT2D eigenvalue weighted by molar-refractivity contribution is -0.128. The Morgan fingerprint density at radius 1 is 1.53 bits per heavy atom. The van der Waals surface area contributed by atoms with Crippen LogP contribution in [-0.2, 0) is 9.53 Å². The van der Waals surface area contributed by atoms with Crippen LogP contribution in [0.15, 0.2) is 24.3 Å². The van der Waals surface area contributed by atoms with Crippen LogP contribution in [0.4, 0.5) is 4.39 Å². The van der Waals surface area contributed by atoms with E-state index in [-0.39, 0.29) is 30.4 Å². The molecule has 1 fully saturated rings. The van der Waals surface area contributed by atoms with Crippen molar-refractivity contribution in [2.75, 3.05) is 26.8 Å². The quantitative estimate of drug-likeness (QED) is 0.879. The molecule has 0 aliphatic carbocycles. The van der Waals surface area contributed by atoms with Crippen LogP contribution in [0.2, 0.25) is 0 Å².